The lowest BCUT2D eigenvalue weighted by Crippen LogP contribution is -2.50. The summed E-state index contributed by atoms with van der Waals surface area (Å²) in [6.45, 7) is 8.84. The monoisotopic (exact) mass is 1290 g/mol. The lowest BCUT2D eigenvalue weighted by Gasteiger charge is -2.36. The second-order valence-corrected chi connectivity index (χ2v) is 26.3. The lowest BCUT2D eigenvalue weighted by atomic mass is 9.91. The summed E-state index contributed by atoms with van der Waals surface area (Å²) in [5.41, 5.74) is 4.48. The molecule has 4 aromatic rings. The highest BCUT2D eigenvalue weighted by Crippen LogP contribution is 2.44. The summed E-state index contributed by atoms with van der Waals surface area (Å²) >= 11 is 12.9. The quantitative estimate of drug-likeness (QED) is 0.0344. The Balaban J connectivity index is 0.565. The van der Waals surface area contributed by atoms with Crippen molar-refractivity contribution < 1.29 is 54.8 Å². The minimum atomic E-state index is -4.01. The number of piperazine rings is 2. The average Bonchev–Trinajstić information content (AvgIpc) is 2.16. The first-order valence-corrected chi connectivity index (χ1v) is 33.7. The van der Waals surface area contributed by atoms with Gasteiger partial charge in [0.1, 0.15) is 28.6 Å². The van der Waals surface area contributed by atoms with E-state index in [0.29, 0.717) is 65.4 Å². The molecular weight excluding hydrogens is 1220 g/mol. The molecule has 0 spiro atoms. The van der Waals surface area contributed by atoms with Gasteiger partial charge in [0.25, 0.3) is 0 Å². The molecule has 476 valence electrons. The molecule has 3 aliphatic carbocycles. The molecule has 2 heterocycles. The second-order valence-electron chi connectivity index (χ2n) is 22.0. The topological polar surface area (TPSA) is 308 Å². The fourth-order valence-corrected chi connectivity index (χ4v) is 14.5. The number of nitrogens with zero attached hydrogens (tertiary/aromatic N) is 4. The van der Waals surface area contributed by atoms with E-state index < -0.39 is 26.2 Å². The zero-order valence-corrected chi connectivity index (χ0v) is 52.2. The number of carbonyl (C=O) groups excluding carboxylic acids is 2. The van der Waals surface area contributed by atoms with E-state index in [1.165, 1.54) is 18.2 Å². The van der Waals surface area contributed by atoms with Gasteiger partial charge in [-0.15, -0.1) is 0 Å². The van der Waals surface area contributed by atoms with Crippen LogP contribution in [0.25, 0.3) is 0 Å². The highest BCUT2D eigenvalue weighted by atomic mass is 35.5. The summed E-state index contributed by atoms with van der Waals surface area (Å²) < 4.78 is 94.0. The van der Waals surface area contributed by atoms with Crippen molar-refractivity contribution >= 4 is 55.3 Å². The number of ether oxygens (including phenoxy) is 6. The van der Waals surface area contributed by atoms with E-state index in [4.69, 9.17) is 51.6 Å². The van der Waals surface area contributed by atoms with Crippen molar-refractivity contribution in [2.45, 2.75) is 84.7 Å². The number of nitriles is 2. The number of carbonyl (C=O) groups is 2. The smallest absolute Gasteiger partial charge is 0.315 e. The molecular formula is C60H78Cl2N12O12S2. The van der Waals surface area contributed by atoms with Crippen molar-refractivity contribution in [1.29, 1.82) is 10.5 Å². The molecule has 24 nitrogen and oxygen atoms in total. The van der Waals surface area contributed by atoms with Crippen molar-refractivity contribution in [2.75, 3.05) is 131 Å². The maximum Gasteiger partial charge on any atom is 0.315 e. The maximum absolute atomic E-state index is 13.6. The molecule has 4 amide bonds. The van der Waals surface area contributed by atoms with Crippen molar-refractivity contribution in [3.8, 4) is 23.6 Å². The first-order chi connectivity index (χ1) is 42.7. The van der Waals surface area contributed by atoms with Crippen LogP contribution in [0.3, 0.4) is 0 Å². The molecule has 0 radical (unpaired) electrons. The van der Waals surface area contributed by atoms with Crippen LogP contribution in [-0.2, 0) is 51.8 Å². The van der Waals surface area contributed by atoms with Gasteiger partial charge in [-0.2, -0.15) is 10.5 Å². The Bertz CT molecular complexity index is 3300. The number of nitrogens with one attached hydrogen (secondary N) is 8. The van der Waals surface area contributed by atoms with Gasteiger partial charge in [-0.05, 0) is 121 Å². The molecule has 0 aromatic heterocycles. The van der Waals surface area contributed by atoms with Crippen molar-refractivity contribution in [3.05, 3.63) is 116 Å². The van der Waals surface area contributed by atoms with Crippen LogP contribution in [0.4, 0.5) is 9.59 Å². The number of amides is 4. The first-order valence-electron chi connectivity index (χ1n) is 30.0. The molecule has 8 N–H and O–H groups in total. The Morgan fingerprint density at radius 1 is 0.557 bits per heavy atom. The van der Waals surface area contributed by atoms with Gasteiger partial charge in [0.2, 0.25) is 20.0 Å². The summed E-state index contributed by atoms with van der Waals surface area (Å²) in [5, 5.41) is 38.9. The Kier molecular flexibility index (Phi) is 24.7. The summed E-state index contributed by atoms with van der Waals surface area (Å²) in [6, 6.07) is 23.5. The van der Waals surface area contributed by atoms with Gasteiger partial charge in [0.15, 0.2) is 0 Å². The molecule has 9 rings (SSSR count). The molecule has 0 unspecified atom stereocenters. The average molecular weight is 1290 g/mol. The normalized spacial score (nSPS) is 21.3. The molecule has 5 aliphatic rings. The summed E-state index contributed by atoms with van der Waals surface area (Å²) in [7, 11) is -7.84. The zero-order valence-electron chi connectivity index (χ0n) is 49.0. The molecule has 2 saturated heterocycles. The van der Waals surface area contributed by atoms with Crippen molar-refractivity contribution in [1.82, 2.24) is 51.1 Å². The van der Waals surface area contributed by atoms with E-state index in [1.807, 2.05) is 12.1 Å². The number of halogens is 2. The zero-order chi connectivity index (χ0) is 61.9. The molecule has 28 heteroatoms. The number of hydrogen-bond donors (Lipinski definition) is 8. The number of rotatable bonds is 30. The third-order valence-corrected chi connectivity index (χ3v) is 19.6. The summed E-state index contributed by atoms with van der Waals surface area (Å²) in [5.74, 6) is 0.694. The van der Waals surface area contributed by atoms with Crippen LogP contribution >= 0.6 is 23.2 Å². The fourth-order valence-electron chi connectivity index (χ4n) is 11.9. The minimum absolute atomic E-state index is 0.00581. The number of fused-ring (bicyclic) bond motifs is 2. The summed E-state index contributed by atoms with van der Waals surface area (Å²) in [4.78, 5) is 29.9. The molecule has 88 heavy (non-hydrogen) atoms. The largest absolute Gasteiger partial charge is 0.484 e. The third kappa shape index (κ3) is 18.4. The van der Waals surface area contributed by atoms with Gasteiger partial charge >= 0.3 is 12.1 Å². The number of benzene rings is 4. The van der Waals surface area contributed by atoms with E-state index >= 15 is 0 Å². The molecule has 0 bridgehead atoms. The van der Waals surface area contributed by atoms with Crippen molar-refractivity contribution in [3.63, 3.8) is 0 Å². The Hall–Kier alpha value is -5.92. The number of urea groups is 2. The van der Waals surface area contributed by atoms with Gasteiger partial charge in [-0.25, -0.2) is 35.9 Å². The molecule has 4 aromatic carbocycles. The van der Waals surface area contributed by atoms with Crippen LogP contribution < -0.4 is 50.8 Å². The maximum atomic E-state index is 13.6. The fraction of sp³-hybridized carbons (Fsp3) is 0.533. The van der Waals surface area contributed by atoms with Crippen LogP contribution in [-0.4, -0.2) is 194 Å². The number of para-hydroxylation sites is 1. The van der Waals surface area contributed by atoms with Crippen LogP contribution in [0.1, 0.15) is 71.3 Å². The third-order valence-electron chi connectivity index (χ3n) is 16.2. The van der Waals surface area contributed by atoms with Crippen molar-refractivity contribution in [2.24, 2.45) is 0 Å². The Labute approximate surface area is 525 Å². The molecule has 3 fully saturated rings. The second kappa shape index (κ2) is 32.7. The van der Waals surface area contributed by atoms with Crippen LogP contribution in [0.5, 0.6) is 11.5 Å². The van der Waals surface area contributed by atoms with Gasteiger partial charge in [0, 0.05) is 101 Å². The molecule has 4 atom stereocenters. The highest BCUT2D eigenvalue weighted by Gasteiger charge is 2.42. The Morgan fingerprint density at radius 3 is 1.45 bits per heavy atom. The number of sulfonamides is 2. The van der Waals surface area contributed by atoms with Gasteiger partial charge in [0.05, 0.1) is 93.1 Å². The van der Waals surface area contributed by atoms with E-state index in [0.717, 1.165) is 74.6 Å². The van der Waals surface area contributed by atoms with Crippen LogP contribution in [0, 0.1) is 22.7 Å². The van der Waals surface area contributed by atoms with Crippen LogP contribution in [0.2, 0.25) is 10.0 Å². The minimum Gasteiger partial charge on any atom is -0.484 e. The van der Waals surface area contributed by atoms with E-state index in [-0.39, 0.29) is 137 Å². The van der Waals surface area contributed by atoms with Crippen LogP contribution in [0.15, 0.2) is 82.6 Å². The summed E-state index contributed by atoms with van der Waals surface area (Å²) in [6.07, 6.45) is 3.08. The number of hydrogen-bond acceptors (Lipinski definition) is 18. The standard InChI is InChI=1S/C60H78Cl2N12O12S2/c61-43-33-41(39-63)49-37-53(73-21-13-65-14-22-73)57(51(49)35-43)85-47-9-11-48(12-10-47)87(77,78)69-19-27-83-31-29-81-25-17-67-59(75)71-45-5-7-46(8-6-45)72-60(76)68-18-26-82-30-32-84-28-20-70-88(79,80)56-4-2-1-3-55(56)86-58-52-36-44(62)34-42(40-64)50(52)38-54(58)74-23-15-66-16-24-74/h1-4,9-12,33-36,45-46,53-54,57-58,65-66,69-70H,5-8,13-32,37-38H2,(H2,67,71,75)(H2,68,72,76)/t45?,46?,53-,54-,57-,58-/m0/s1. The van der Waals surface area contributed by atoms with E-state index in [9.17, 15) is 36.9 Å². The van der Waals surface area contributed by atoms with Gasteiger partial charge < -0.3 is 60.3 Å². The molecule has 2 aliphatic heterocycles. The SMILES string of the molecule is N#Cc1cc(Cl)cc2c1C[C@H](N1CCNCC1)[C@H]2Oc1ccc(S(=O)(=O)NCCOCCOCCNC(=O)NC2CCC(NC(=O)NCCOCCOCCNS(=O)(=O)c3ccccc3O[C@H]3c4cc(Cl)cc(C#N)c4C[C@@H]3N3CCNCC3)CC2)cc1. The first kappa shape index (κ1) is 66.5. The van der Waals surface area contributed by atoms with E-state index in [2.05, 4.69) is 63.3 Å². The Morgan fingerprint density at radius 2 is 0.989 bits per heavy atom. The predicted molar refractivity (Wildman–Crippen MR) is 329 cm³/mol. The molecule has 1 saturated carbocycles. The van der Waals surface area contributed by atoms with Gasteiger partial charge in [-0.1, -0.05) is 35.3 Å². The van der Waals surface area contributed by atoms with E-state index in [1.54, 1.807) is 42.5 Å². The lowest BCUT2D eigenvalue weighted by molar-refractivity contribution is 0.0515. The predicted octanol–water partition coefficient (Wildman–Crippen LogP) is 3.87. The highest BCUT2D eigenvalue weighted by molar-refractivity contribution is 7.89. The van der Waals surface area contributed by atoms with Gasteiger partial charge in [-0.3, -0.25) is 9.80 Å².